The van der Waals surface area contributed by atoms with Crippen LogP contribution >= 0.6 is 11.3 Å². The fourth-order valence-corrected chi connectivity index (χ4v) is 4.40. The fraction of sp³-hybridized carbons (Fsp3) is 0.316. The molecule has 2 heterocycles. The third-order valence-corrected chi connectivity index (χ3v) is 6.02. The molecule has 0 spiro atoms. The number of fused-ring (bicyclic) bond motifs is 1. The second-order valence-corrected chi connectivity index (χ2v) is 7.89. The van der Waals surface area contributed by atoms with Crippen molar-refractivity contribution in [1.29, 1.82) is 0 Å². The van der Waals surface area contributed by atoms with Gasteiger partial charge in [0.15, 0.2) is 5.01 Å². The number of carbonyl (C=O) groups is 1. The number of para-hydroxylation sites is 1. The van der Waals surface area contributed by atoms with Crippen LogP contribution in [0.4, 0.5) is 13.2 Å². The van der Waals surface area contributed by atoms with E-state index >= 15 is 0 Å². The molecule has 1 fully saturated rings. The quantitative estimate of drug-likeness (QED) is 0.602. The van der Waals surface area contributed by atoms with E-state index in [-0.39, 0.29) is 11.4 Å². The predicted octanol–water partition coefficient (Wildman–Crippen LogP) is 2.72. The van der Waals surface area contributed by atoms with Crippen LogP contribution in [0.15, 0.2) is 42.6 Å². The number of amides is 1. The summed E-state index contributed by atoms with van der Waals surface area (Å²) in [5.74, 6) is -1.11. The molecule has 29 heavy (non-hydrogen) atoms. The van der Waals surface area contributed by atoms with E-state index in [9.17, 15) is 28.2 Å². The maximum Gasteiger partial charge on any atom is 0.433 e. The summed E-state index contributed by atoms with van der Waals surface area (Å²) < 4.78 is 39.0. The minimum atomic E-state index is -4.56. The van der Waals surface area contributed by atoms with Crippen molar-refractivity contribution in [1.82, 2.24) is 15.3 Å². The number of benzene rings is 1. The van der Waals surface area contributed by atoms with Crippen molar-refractivity contribution in [3.8, 4) is 0 Å². The highest BCUT2D eigenvalue weighted by atomic mass is 32.1. The standard InChI is InChI=1S/C19H16F3N3O3S/c20-19(21,22)14-6-5-9(8-23-14)10-7-12(26)16(27)15(10)25-17(28)18-24-11-3-1-2-4-13(11)29-18/h1-6,8,10,12,15-16,26-27H,7H2,(H,25,28)/t10-,12-,15-,16-/m1/s1. The lowest BCUT2D eigenvalue weighted by atomic mass is 9.94. The van der Waals surface area contributed by atoms with Crippen LogP contribution in [0.2, 0.25) is 0 Å². The SMILES string of the molecule is O=C(N[C@H]1[C@H](O)[C@H](O)C[C@@H]1c1ccc(C(F)(F)F)nc1)c1nc2ccccc2s1. The molecule has 0 bridgehead atoms. The number of pyridine rings is 1. The summed E-state index contributed by atoms with van der Waals surface area (Å²) in [6.45, 7) is 0. The number of nitrogens with one attached hydrogen (secondary N) is 1. The summed E-state index contributed by atoms with van der Waals surface area (Å²) in [6.07, 6.45) is -5.80. The normalized spacial score (nSPS) is 24.7. The maximum atomic E-state index is 12.7. The third-order valence-electron chi connectivity index (χ3n) is 4.98. The summed E-state index contributed by atoms with van der Waals surface area (Å²) >= 11 is 1.19. The van der Waals surface area contributed by atoms with Crippen LogP contribution in [-0.4, -0.2) is 44.3 Å². The molecule has 6 nitrogen and oxygen atoms in total. The van der Waals surface area contributed by atoms with Gasteiger partial charge in [-0.25, -0.2) is 4.98 Å². The van der Waals surface area contributed by atoms with Gasteiger partial charge in [-0.15, -0.1) is 11.3 Å². The third kappa shape index (κ3) is 3.83. The second-order valence-electron chi connectivity index (χ2n) is 6.86. The zero-order chi connectivity index (χ0) is 20.8. The van der Waals surface area contributed by atoms with Crippen molar-refractivity contribution in [2.75, 3.05) is 0 Å². The van der Waals surface area contributed by atoms with E-state index < -0.39 is 41.9 Å². The first-order chi connectivity index (χ1) is 13.7. The smallest absolute Gasteiger partial charge is 0.390 e. The molecule has 1 aliphatic rings. The largest absolute Gasteiger partial charge is 0.433 e. The second kappa shape index (κ2) is 7.36. The Bertz CT molecular complexity index is 1010. The van der Waals surface area contributed by atoms with Crippen LogP contribution in [0.25, 0.3) is 10.2 Å². The topological polar surface area (TPSA) is 95.3 Å². The Balaban J connectivity index is 1.57. The average Bonchev–Trinajstić information content (AvgIpc) is 3.24. The predicted molar refractivity (Wildman–Crippen MR) is 99.5 cm³/mol. The Morgan fingerprint density at radius 1 is 1.17 bits per heavy atom. The molecular weight excluding hydrogens is 407 g/mol. The fourth-order valence-electron chi connectivity index (χ4n) is 3.53. The van der Waals surface area contributed by atoms with E-state index in [0.717, 1.165) is 17.0 Å². The minimum absolute atomic E-state index is 0.0823. The van der Waals surface area contributed by atoms with E-state index in [1.807, 2.05) is 12.1 Å². The highest BCUT2D eigenvalue weighted by Gasteiger charge is 2.44. The number of thiazole rings is 1. The van der Waals surface area contributed by atoms with Gasteiger partial charge in [-0.1, -0.05) is 18.2 Å². The molecule has 0 aliphatic heterocycles. The number of rotatable bonds is 3. The number of halogens is 3. The first-order valence-corrected chi connectivity index (χ1v) is 9.61. The van der Waals surface area contributed by atoms with Gasteiger partial charge in [0.05, 0.1) is 22.4 Å². The highest BCUT2D eigenvalue weighted by molar-refractivity contribution is 7.20. The van der Waals surface area contributed by atoms with E-state index in [1.54, 1.807) is 12.1 Å². The Kier molecular flexibility index (Phi) is 5.01. The Hall–Kier alpha value is -2.56. The number of nitrogens with zero attached hydrogens (tertiary/aromatic N) is 2. The lowest BCUT2D eigenvalue weighted by Crippen LogP contribution is -2.45. The van der Waals surface area contributed by atoms with Gasteiger partial charge in [0.25, 0.3) is 5.91 Å². The van der Waals surface area contributed by atoms with Crippen LogP contribution in [0.1, 0.15) is 33.4 Å². The van der Waals surface area contributed by atoms with Gasteiger partial charge in [0.2, 0.25) is 0 Å². The van der Waals surface area contributed by atoms with Crippen LogP contribution in [0.3, 0.4) is 0 Å². The summed E-state index contributed by atoms with van der Waals surface area (Å²) in [6, 6.07) is 8.44. The van der Waals surface area contributed by atoms with Crippen molar-refractivity contribution in [2.24, 2.45) is 0 Å². The zero-order valence-corrected chi connectivity index (χ0v) is 15.6. The molecular formula is C19H16F3N3O3S. The molecule has 152 valence electrons. The summed E-state index contributed by atoms with van der Waals surface area (Å²) in [7, 11) is 0. The molecule has 0 saturated heterocycles. The molecule has 0 unspecified atom stereocenters. The van der Waals surface area contributed by atoms with Crippen molar-refractivity contribution in [3.05, 3.63) is 58.9 Å². The lowest BCUT2D eigenvalue weighted by Gasteiger charge is -2.23. The average molecular weight is 423 g/mol. The minimum Gasteiger partial charge on any atom is -0.390 e. The van der Waals surface area contributed by atoms with E-state index in [1.165, 1.54) is 17.4 Å². The molecule has 1 aromatic carbocycles. The first-order valence-electron chi connectivity index (χ1n) is 8.80. The van der Waals surface area contributed by atoms with Crippen LogP contribution < -0.4 is 5.32 Å². The molecule has 1 saturated carbocycles. The van der Waals surface area contributed by atoms with Crippen LogP contribution in [-0.2, 0) is 6.18 Å². The highest BCUT2D eigenvalue weighted by Crippen LogP contribution is 2.36. The first kappa shape index (κ1) is 19.7. The van der Waals surface area contributed by atoms with E-state index in [0.29, 0.717) is 11.1 Å². The van der Waals surface area contributed by atoms with Crippen molar-refractivity contribution >= 4 is 27.5 Å². The summed E-state index contributed by atoms with van der Waals surface area (Å²) in [5.41, 5.74) is 0.0248. The molecule has 3 N–H and O–H groups in total. The molecule has 4 rings (SSSR count). The van der Waals surface area contributed by atoms with Crippen molar-refractivity contribution in [3.63, 3.8) is 0 Å². The number of aliphatic hydroxyl groups excluding tert-OH is 2. The lowest BCUT2D eigenvalue weighted by molar-refractivity contribution is -0.141. The van der Waals surface area contributed by atoms with Crippen molar-refractivity contribution in [2.45, 2.75) is 36.8 Å². The molecule has 10 heteroatoms. The number of aliphatic hydroxyl groups is 2. The van der Waals surface area contributed by atoms with Crippen LogP contribution in [0.5, 0.6) is 0 Å². The number of hydrogen-bond acceptors (Lipinski definition) is 6. The summed E-state index contributed by atoms with van der Waals surface area (Å²) in [5, 5.41) is 23.3. The molecule has 1 amide bonds. The number of carbonyl (C=O) groups excluding carboxylic acids is 1. The molecule has 2 aromatic heterocycles. The number of aromatic nitrogens is 2. The molecule has 0 radical (unpaired) electrons. The van der Waals surface area contributed by atoms with Gasteiger partial charge < -0.3 is 15.5 Å². The van der Waals surface area contributed by atoms with Gasteiger partial charge in [-0.2, -0.15) is 13.2 Å². The zero-order valence-electron chi connectivity index (χ0n) is 14.8. The Morgan fingerprint density at radius 2 is 1.93 bits per heavy atom. The maximum absolute atomic E-state index is 12.7. The number of alkyl halides is 3. The van der Waals surface area contributed by atoms with Gasteiger partial charge >= 0.3 is 6.18 Å². The Morgan fingerprint density at radius 3 is 2.59 bits per heavy atom. The van der Waals surface area contributed by atoms with Gasteiger partial charge in [0, 0.05) is 12.1 Å². The number of hydrogen-bond donors (Lipinski definition) is 3. The molecule has 4 atom stereocenters. The van der Waals surface area contributed by atoms with E-state index in [4.69, 9.17) is 0 Å². The monoisotopic (exact) mass is 423 g/mol. The van der Waals surface area contributed by atoms with Crippen molar-refractivity contribution < 1.29 is 28.2 Å². The molecule has 1 aliphatic carbocycles. The van der Waals surface area contributed by atoms with Gasteiger partial charge in [-0.05, 0) is 30.2 Å². The van der Waals surface area contributed by atoms with Gasteiger partial charge in [-0.3, -0.25) is 9.78 Å². The Labute approximate surface area is 167 Å². The van der Waals surface area contributed by atoms with Crippen LogP contribution in [0, 0.1) is 0 Å². The molecule has 3 aromatic rings. The van der Waals surface area contributed by atoms with Gasteiger partial charge in [0.1, 0.15) is 11.8 Å². The van der Waals surface area contributed by atoms with E-state index in [2.05, 4.69) is 15.3 Å². The summed E-state index contributed by atoms with van der Waals surface area (Å²) in [4.78, 5) is 20.4.